The van der Waals surface area contributed by atoms with Crippen LogP contribution in [0.25, 0.3) is 17.1 Å². The van der Waals surface area contributed by atoms with Crippen molar-refractivity contribution in [2.75, 3.05) is 0 Å². The summed E-state index contributed by atoms with van der Waals surface area (Å²) in [6, 6.07) is 12.0. The van der Waals surface area contributed by atoms with Crippen LogP contribution >= 0.6 is 0 Å². The van der Waals surface area contributed by atoms with Crippen molar-refractivity contribution >= 4 is 0 Å². The number of fused-ring (bicyclic) bond motifs is 7. The number of benzene rings is 1. The maximum absolute atomic E-state index is 13.3. The lowest BCUT2D eigenvalue weighted by atomic mass is 9.45. The van der Waals surface area contributed by atoms with Crippen molar-refractivity contribution in [3.05, 3.63) is 68.5 Å². The Balaban J connectivity index is 1.39. The summed E-state index contributed by atoms with van der Waals surface area (Å²) in [5.41, 5.74) is 2.73. The Bertz CT molecular complexity index is 1510. The molecule has 38 heavy (non-hydrogen) atoms. The Hall–Kier alpha value is -2.77. The zero-order valence-corrected chi connectivity index (χ0v) is 22.4. The third-order valence-electron chi connectivity index (χ3n) is 11.5. The molecule has 1 aromatic carbocycles. The molecular weight excluding hydrogens is 478 g/mol. The van der Waals surface area contributed by atoms with Crippen molar-refractivity contribution < 1.29 is 10.2 Å². The van der Waals surface area contributed by atoms with Crippen LogP contribution in [0.4, 0.5) is 0 Å². The first kappa shape index (κ1) is 24.3. The van der Waals surface area contributed by atoms with E-state index in [-0.39, 0.29) is 22.3 Å². The van der Waals surface area contributed by atoms with E-state index in [0.717, 1.165) is 54.5 Å². The molecule has 0 radical (unpaired) electrons. The van der Waals surface area contributed by atoms with Crippen LogP contribution in [0.15, 0.2) is 46.0 Å². The van der Waals surface area contributed by atoms with Crippen LogP contribution in [0.2, 0.25) is 0 Å². The third-order valence-corrected chi connectivity index (χ3v) is 11.5. The van der Waals surface area contributed by atoms with Crippen molar-refractivity contribution in [3.63, 3.8) is 0 Å². The van der Waals surface area contributed by atoms with E-state index < -0.39 is 17.9 Å². The minimum atomic E-state index is -0.532. The minimum Gasteiger partial charge on any atom is -0.393 e. The minimum absolute atomic E-state index is 0.0455. The molecule has 0 saturated heterocycles. The summed E-state index contributed by atoms with van der Waals surface area (Å²) in [6.45, 7) is 4.63. The predicted molar refractivity (Wildman–Crippen MR) is 144 cm³/mol. The van der Waals surface area contributed by atoms with E-state index in [1.165, 1.54) is 12.6 Å². The first-order valence-electron chi connectivity index (χ1n) is 14.2. The maximum atomic E-state index is 13.3. The van der Waals surface area contributed by atoms with Crippen molar-refractivity contribution in [1.29, 1.82) is 0 Å². The summed E-state index contributed by atoms with van der Waals surface area (Å²) in [7, 11) is 1.49. The van der Waals surface area contributed by atoms with Gasteiger partial charge in [0.25, 0.3) is 5.56 Å². The molecule has 0 unspecified atom stereocenters. The number of aliphatic hydroxyl groups is 2. The Kier molecular flexibility index (Phi) is 5.19. The molecule has 0 spiro atoms. The fraction of sp³-hybridized carbons (Fsp3) is 0.581. The summed E-state index contributed by atoms with van der Waals surface area (Å²) < 4.78 is 3.16. The molecule has 0 bridgehead atoms. The first-order valence-corrected chi connectivity index (χ1v) is 14.2. The van der Waals surface area contributed by atoms with Gasteiger partial charge in [-0.3, -0.25) is 13.9 Å². The molecule has 6 aliphatic rings. The summed E-state index contributed by atoms with van der Waals surface area (Å²) in [4.78, 5) is 30.3. The number of rotatable bonds is 1. The van der Waals surface area contributed by atoms with Gasteiger partial charge in [0.15, 0.2) is 5.82 Å². The Morgan fingerprint density at radius 3 is 2.55 bits per heavy atom. The fourth-order valence-corrected chi connectivity index (χ4v) is 9.47. The lowest BCUT2D eigenvalue weighted by molar-refractivity contribution is -0.127. The monoisotopic (exact) mass is 515 g/mol. The van der Waals surface area contributed by atoms with Gasteiger partial charge in [-0.25, -0.2) is 4.79 Å². The highest BCUT2D eigenvalue weighted by Gasteiger charge is 2.62. The van der Waals surface area contributed by atoms with Gasteiger partial charge < -0.3 is 10.2 Å². The fourth-order valence-electron chi connectivity index (χ4n) is 9.47. The number of pyridine rings is 1. The van der Waals surface area contributed by atoms with E-state index in [2.05, 4.69) is 23.4 Å². The van der Waals surface area contributed by atoms with Gasteiger partial charge >= 0.3 is 5.69 Å². The summed E-state index contributed by atoms with van der Waals surface area (Å²) in [5, 5.41) is 21.9. The molecule has 0 aromatic heterocycles. The van der Waals surface area contributed by atoms with Crippen LogP contribution in [0, 0.1) is 34.5 Å². The van der Waals surface area contributed by atoms with E-state index in [9.17, 15) is 19.8 Å². The highest BCUT2D eigenvalue weighted by molar-refractivity contribution is 5.62. The Morgan fingerprint density at radius 2 is 1.79 bits per heavy atom. The van der Waals surface area contributed by atoms with Gasteiger partial charge in [-0.2, -0.15) is 4.98 Å². The van der Waals surface area contributed by atoms with Crippen LogP contribution in [-0.4, -0.2) is 36.5 Å². The van der Waals surface area contributed by atoms with Crippen LogP contribution in [0.3, 0.4) is 0 Å². The molecule has 2 N–H and O–H groups in total. The molecule has 7 nitrogen and oxygen atoms in total. The second kappa shape index (κ2) is 8.12. The normalized spacial score (nSPS) is 37.8. The molecule has 0 amide bonds. The molecule has 2 aliphatic heterocycles. The zero-order valence-electron chi connectivity index (χ0n) is 22.4. The van der Waals surface area contributed by atoms with Gasteiger partial charge in [0.05, 0.1) is 17.8 Å². The molecule has 8 atom stereocenters. The Labute approximate surface area is 222 Å². The van der Waals surface area contributed by atoms with Crippen LogP contribution < -0.4 is 11.2 Å². The number of nitrogens with zero attached hydrogens (tertiary/aromatic N) is 3. The van der Waals surface area contributed by atoms with Crippen molar-refractivity contribution in [2.24, 2.45) is 41.5 Å². The molecule has 4 aliphatic carbocycles. The van der Waals surface area contributed by atoms with Crippen molar-refractivity contribution in [3.8, 4) is 17.1 Å². The quantitative estimate of drug-likeness (QED) is 0.518. The molecule has 7 rings (SSSR count). The number of hydrogen-bond acceptors (Lipinski definition) is 5. The number of para-hydroxylation sites is 1. The molecule has 1 aromatic rings. The molecule has 3 saturated carbocycles. The van der Waals surface area contributed by atoms with Crippen molar-refractivity contribution in [2.45, 2.75) is 71.0 Å². The number of hydrogen-bond donors (Lipinski definition) is 2. The average Bonchev–Trinajstić information content (AvgIpc) is 3.13. The largest absolute Gasteiger partial charge is 0.393 e. The zero-order chi connectivity index (χ0) is 26.6. The highest BCUT2D eigenvalue weighted by atomic mass is 16.3. The highest BCUT2D eigenvalue weighted by Crippen LogP contribution is 2.65. The van der Waals surface area contributed by atoms with Gasteiger partial charge in [-0.15, -0.1) is 0 Å². The van der Waals surface area contributed by atoms with E-state index in [4.69, 9.17) is 0 Å². The van der Waals surface area contributed by atoms with E-state index >= 15 is 0 Å². The van der Waals surface area contributed by atoms with Crippen LogP contribution in [-0.2, 0) is 19.9 Å². The Morgan fingerprint density at radius 1 is 1.03 bits per heavy atom. The predicted octanol–water partition coefficient (Wildman–Crippen LogP) is 3.33. The smallest absolute Gasteiger partial charge is 0.352 e. The molecule has 7 heteroatoms. The summed E-state index contributed by atoms with van der Waals surface area (Å²) in [5.74, 6) is 1.93. The van der Waals surface area contributed by atoms with Gasteiger partial charge in [-0.1, -0.05) is 32.0 Å². The molecule has 3 fully saturated rings. The molecule has 2 heterocycles. The van der Waals surface area contributed by atoms with Gasteiger partial charge in [0, 0.05) is 24.8 Å². The first-order chi connectivity index (χ1) is 18.1. The van der Waals surface area contributed by atoms with E-state index in [0.29, 0.717) is 35.6 Å². The number of aromatic nitrogens is 3. The van der Waals surface area contributed by atoms with Crippen LogP contribution in [0.5, 0.6) is 0 Å². The summed E-state index contributed by atoms with van der Waals surface area (Å²) >= 11 is 0. The van der Waals surface area contributed by atoms with Crippen molar-refractivity contribution in [1.82, 2.24) is 14.1 Å². The topological polar surface area (TPSA) is 97.4 Å². The molecule has 200 valence electrons. The third kappa shape index (κ3) is 3.12. The van der Waals surface area contributed by atoms with Gasteiger partial charge in [-0.05, 0) is 96.8 Å². The van der Waals surface area contributed by atoms with E-state index in [1.807, 2.05) is 36.4 Å². The average molecular weight is 516 g/mol. The standard InChI is InChI=1S/C31H37N3O4/c1-30-12-11-22-20(26(30)24(35)15-25(30)36)10-9-18-14-23-17(16-31(18,22)2)13-21-27(32-29(38)33(3)28(21)37)34(23)19-7-5-4-6-8-19/h4-8,13,18,20,22,24-26,35-36H,9-12,14-16H2,1-3H3/t18-,20+,22-,24+,25-,26+,30+,31-/m0/s1. The van der Waals surface area contributed by atoms with Gasteiger partial charge in [0.1, 0.15) is 0 Å². The van der Waals surface area contributed by atoms with E-state index in [1.54, 1.807) is 0 Å². The lowest BCUT2D eigenvalue weighted by Gasteiger charge is -2.60. The number of aliphatic hydroxyl groups excluding tert-OH is 2. The second-order valence-electron chi connectivity index (χ2n) is 13.1. The molecular formula is C31H37N3O4. The van der Waals surface area contributed by atoms with Crippen LogP contribution in [0.1, 0.15) is 57.2 Å². The SMILES string of the molecule is Cn1c(=O)nc2n(-c3ccccc3)c3c(cc-2c1=O)C[C@@]1(C)[C@@H](CC[C@H]2[C@@H]4[C@H](O)C[C@H](O)[C@@]4(C)CC[C@@H]21)C3. The maximum Gasteiger partial charge on any atom is 0.352 e. The van der Waals surface area contributed by atoms with Gasteiger partial charge in [0.2, 0.25) is 0 Å². The second-order valence-corrected chi connectivity index (χ2v) is 13.1. The summed E-state index contributed by atoms with van der Waals surface area (Å²) in [6.07, 6.45) is 5.55. The lowest BCUT2D eigenvalue weighted by Crippen LogP contribution is -2.56.